The Morgan fingerprint density at radius 2 is 1.79 bits per heavy atom. The minimum Gasteiger partial charge on any atom is -0.271 e. The third-order valence-electron chi connectivity index (χ3n) is 4.09. The van der Waals surface area contributed by atoms with Crippen LogP contribution in [0.1, 0.15) is 11.1 Å². The molecule has 1 N–H and O–H groups in total. The molecule has 148 valence electrons. The average molecular weight is 408 g/mol. The molecule has 0 saturated carbocycles. The topological polar surface area (TPSA) is 91.7 Å². The van der Waals surface area contributed by atoms with Gasteiger partial charge < -0.3 is 0 Å². The van der Waals surface area contributed by atoms with Crippen LogP contribution in [0.4, 0.5) is 5.69 Å². The number of para-hydroxylation sites is 1. The number of carbonyl (C=O) groups is 1. The fraction of sp³-hybridized carbons (Fsp3) is 0.0952. The van der Waals surface area contributed by atoms with E-state index in [0.717, 1.165) is 9.87 Å². The summed E-state index contributed by atoms with van der Waals surface area (Å²) in [5.74, 6) is -0.562. The number of hydrogen-bond acceptors (Lipinski definition) is 5. The highest BCUT2D eigenvalue weighted by Crippen LogP contribution is 2.26. The zero-order valence-corrected chi connectivity index (χ0v) is 16.6. The molecule has 29 heavy (non-hydrogen) atoms. The molecule has 0 bridgehead atoms. The van der Waals surface area contributed by atoms with Gasteiger partial charge in [0.25, 0.3) is 15.9 Å². The van der Waals surface area contributed by atoms with E-state index >= 15 is 0 Å². The van der Waals surface area contributed by atoms with Gasteiger partial charge in [0.15, 0.2) is 0 Å². The molecule has 0 aliphatic heterocycles. The Morgan fingerprint density at radius 1 is 1.07 bits per heavy atom. The van der Waals surface area contributed by atoms with Crippen molar-refractivity contribution in [2.24, 2.45) is 5.10 Å². The molecule has 0 spiro atoms. The second-order valence-corrected chi connectivity index (χ2v) is 8.05. The van der Waals surface area contributed by atoms with E-state index in [2.05, 4.69) is 15.5 Å². The smallest absolute Gasteiger partial charge is 0.264 e. The predicted octanol–water partition coefficient (Wildman–Crippen LogP) is 2.74. The lowest BCUT2D eigenvalue weighted by atomic mass is 10.2. The molecule has 3 aromatic rings. The quantitative estimate of drug-likeness (QED) is 0.481. The number of sulfonamides is 1. The predicted molar refractivity (Wildman–Crippen MR) is 112 cm³/mol. The van der Waals surface area contributed by atoms with Crippen molar-refractivity contribution >= 4 is 27.8 Å². The number of nitrogens with one attached hydrogen (secondary N) is 1. The summed E-state index contributed by atoms with van der Waals surface area (Å²) in [5, 5.41) is 3.88. The Kier molecular flexibility index (Phi) is 6.36. The number of aryl methyl sites for hydroxylation is 1. The summed E-state index contributed by atoms with van der Waals surface area (Å²) in [6.45, 7) is 1.38. The molecule has 1 heterocycles. The summed E-state index contributed by atoms with van der Waals surface area (Å²) in [4.78, 5) is 16.5. The highest BCUT2D eigenvalue weighted by molar-refractivity contribution is 7.92. The van der Waals surface area contributed by atoms with E-state index in [9.17, 15) is 13.2 Å². The zero-order chi connectivity index (χ0) is 20.7. The van der Waals surface area contributed by atoms with E-state index in [1.54, 1.807) is 67.8 Å². The average Bonchev–Trinajstić information content (AvgIpc) is 2.74. The molecule has 1 amide bonds. The zero-order valence-electron chi connectivity index (χ0n) is 15.8. The number of amides is 1. The molecule has 1 aromatic heterocycles. The van der Waals surface area contributed by atoms with Crippen LogP contribution in [0.5, 0.6) is 0 Å². The first-order chi connectivity index (χ1) is 14.0. The second-order valence-electron chi connectivity index (χ2n) is 6.19. The maximum atomic E-state index is 13.2. The van der Waals surface area contributed by atoms with E-state index in [1.807, 2.05) is 6.07 Å². The van der Waals surface area contributed by atoms with Gasteiger partial charge in [-0.15, -0.1) is 0 Å². The van der Waals surface area contributed by atoms with E-state index in [-0.39, 0.29) is 4.90 Å². The fourth-order valence-electron chi connectivity index (χ4n) is 2.66. The summed E-state index contributed by atoms with van der Waals surface area (Å²) in [6.07, 6.45) is 4.66. The van der Waals surface area contributed by atoms with E-state index in [0.29, 0.717) is 11.3 Å². The molecule has 0 saturated heterocycles. The van der Waals surface area contributed by atoms with Crippen molar-refractivity contribution in [2.75, 3.05) is 10.8 Å². The molecule has 8 heteroatoms. The fourth-order valence-corrected chi connectivity index (χ4v) is 4.17. The van der Waals surface area contributed by atoms with Gasteiger partial charge in [-0.1, -0.05) is 42.5 Å². The Balaban J connectivity index is 1.85. The number of nitrogens with zero attached hydrogens (tertiary/aromatic N) is 3. The molecule has 0 aliphatic carbocycles. The van der Waals surface area contributed by atoms with Gasteiger partial charge in [-0.25, -0.2) is 13.8 Å². The van der Waals surface area contributed by atoms with Crippen LogP contribution < -0.4 is 9.73 Å². The molecule has 0 aliphatic rings. The number of carbonyl (C=O) groups excluding carboxylic acids is 1. The Bertz CT molecular complexity index is 1100. The second kappa shape index (κ2) is 9.11. The van der Waals surface area contributed by atoms with Gasteiger partial charge in [0.1, 0.15) is 6.54 Å². The maximum Gasteiger partial charge on any atom is 0.264 e. The standard InChI is InChI=1S/C21H20N4O3S/c1-17-8-5-6-12-20(17)25(29(27,28)19-10-3-2-4-11-19)16-21(26)24-23-15-18-9-7-13-22-14-18/h2-15H,16H2,1H3,(H,24,26). The van der Waals surface area contributed by atoms with Crippen LogP contribution >= 0.6 is 0 Å². The molecule has 3 rings (SSSR count). The lowest BCUT2D eigenvalue weighted by molar-refractivity contribution is -0.119. The van der Waals surface area contributed by atoms with Crippen molar-refractivity contribution in [3.05, 3.63) is 90.3 Å². The van der Waals surface area contributed by atoms with Gasteiger partial charge in [0.05, 0.1) is 16.8 Å². The van der Waals surface area contributed by atoms with Crippen molar-refractivity contribution in [3.8, 4) is 0 Å². The third-order valence-corrected chi connectivity index (χ3v) is 5.86. The third kappa shape index (κ3) is 5.05. The first-order valence-corrected chi connectivity index (χ1v) is 10.3. The number of hydrazone groups is 1. The van der Waals surface area contributed by atoms with E-state index in [4.69, 9.17) is 0 Å². The van der Waals surface area contributed by atoms with Crippen LogP contribution in [-0.4, -0.2) is 32.1 Å². The number of anilines is 1. The van der Waals surface area contributed by atoms with E-state index < -0.39 is 22.5 Å². The molecule has 7 nitrogen and oxygen atoms in total. The van der Waals surface area contributed by atoms with Gasteiger partial charge in [-0.05, 0) is 36.8 Å². The van der Waals surface area contributed by atoms with Crippen LogP contribution in [0.3, 0.4) is 0 Å². The molecular weight excluding hydrogens is 388 g/mol. The normalized spacial score (nSPS) is 11.3. The first kappa shape index (κ1) is 20.2. The van der Waals surface area contributed by atoms with Gasteiger partial charge in [0.2, 0.25) is 0 Å². The number of benzene rings is 2. The number of hydrogen-bond donors (Lipinski definition) is 1. The minimum atomic E-state index is -3.94. The highest BCUT2D eigenvalue weighted by Gasteiger charge is 2.27. The minimum absolute atomic E-state index is 0.106. The van der Waals surface area contributed by atoms with Crippen molar-refractivity contribution < 1.29 is 13.2 Å². The summed E-state index contributed by atoms with van der Waals surface area (Å²) in [6, 6.07) is 18.5. The molecule has 0 radical (unpaired) electrons. The largest absolute Gasteiger partial charge is 0.271 e. The van der Waals surface area contributed by atoms with Crippen LogP contribution in [0.15, 0.2) is 89.1 Å². The Labute approximate surface area is 169 Å². The SMILES string of the molecule is Cc1ccccc1N(CC(=O)NN=Cc1cccnc1)S(=O)(=O)c1ccccc1. The van der Waals surface area contributed by atoms with Crippen molar-refractivity contribution in [2.45, 2.75) is 11.8 Å². The van der Waals surface area contributed by atoms with Crippen molar-refractivity contribution in [1.82, 2.24) is 10.4 Å². The van der Waals surface area contributed by atoms with Crippen LogP contribution in [0.2, 0.25) is 0 Å². The summed E-state index contributed by atoms with van der Waals surface area (Å²) < 4.78 is 27.5. The van der Waals surface area contributed by atoms with Crippen molar-refractivity contribution in [3.63, 3.8) is 0 Å². The van der Waals surface area contributed by atoms with Crippen LogP contribution in [0, 0.1) is 6.92 Å². The molecule has 0 unspecified atom stereocenters. The maximum absolute atomic E-state index is 13.2. The van der Waals surface area contributed by atoms with E-state index in [1.165, 1.54) is 18.3 Å². The monoisotopic (exact) mass is 408 g/mol. The molecule has 0 atom stereocenters. The highest BCUT2D eigenvalue weighted by atomic mass is 32.2. The van der Waals surface area contributed by atoms with Crippen LogP contribution in [-0.2, 0) is 14.8 Å². The summed E-state index contributed by atoms with van der Waals surface area (Å²) in [7, 11) is -3.94. The van der Waals surface area contributed by atoms with Gasteiger partial charge in [-0.2, -0.15) is 5.10 Å². The van der Waals surface area contributed by atoms with Crippen molar-refractivity contribution in [1.29, 1.82) is 0 Å². The lowest BCUT2D eigenvalue weighted by Crippen LogP contribution is -2.40. The van der Waals surface area contributed by atoms with Crippen LogP contribution in [0.25, 0.3) is 0 Å². The Morgan fingerprint density at radius 3 is 2.48 bits per heavy atom. The number of rotatable bonds is 7. The summed E-state index contributed by atoms with van der Waals surface area (Å²) in [5.41, 5.74) is 4.25. The van der Waals surface area contributed by atoms with Gasteiger partial charge >= 0.3 is 0 Å². The lowest BCUT2D eigenvalue weighted by Gasteiger charge is -2.25. The Hall–Kier alpha value is -3.52. The number of aromatic nitrogens is 1. The molecule has 0 fully saturated rings. The number of pyridine rings is 1. The van der Waals surface area contributed by atoms with Gasteiger partial charge in [0, 0.05) is 18.0 Å². The molecular formula is C21H20N4O3S. The van der Waals surface area contributed by atoms with Gasteiger partial charge in [-0.3, -0.25) is 14.1 Å². The summed E-state index contributed by atoms with van der Waals surface area (Å²) >= 11 is 0. The first-order valence-electron chi connectivity index (χ1n) is 8.84. The molecule has 2 aromatic carbocycles.